The number of hydrogen-bond acceptors (Lipinski definition) is 4. The first kappa shape index (κ1) is 24.1. The summed E-state index contributed by atoms with van der Waals surface area (Å²) in [6, 6.07) is 4.79. The molecule has 2 aliphatic carbocycles. The fraction of sp³-hybridized carbons (Fsp3) is 0.679. The number of imidazole rings is 1. The molecule has 7 nitrogen and oxygen atoms in total. The van der Waals surface area contributed by atoms with Crippen molar-refractivity contribution in [2.45, 2.75) is 96.1 Å². The number of carbonyl (C=O) groups excluding carboxylic acids is 1. The van der Waals surface area contributed by atoms with Gasteiger partial charge in [0, 0.05) is 24.1 Å². The van der Waals surface area contributed by atoms with Gasteiger partial charge in [0.15, 0.2) is 0 Å². The summed E-state index contributed by atoms with van der Waals surface area (Å²) in [5, 5.41) is 9.38. The first-order valence-corrected chi connectivity index (χ1v) is 13.5. The van der Waals surface area contributed by atoms with E-state index < -0.39 is 5.97 Å². The van der Waals surface area contributed by atoms with E-state index in [0.29, 0.717) is 31.0 Å². The zero-order chi connectivity index (χ0) is 24.5. The summed E-state index contributed by atoms with van der Waals surface area (Å²) in [6.45, 7) is 3.54. The van der Waals surface area contributed by atoms with Gasteiger partial charge in [0.25, 0.3) is 0 Å². The van der Waals surface area contributed by atoms with Crippen molar-refractivity contribution in [1.29, 1.82) is 0 Å². The maximum atomic E-state index is 12.3. The van der Waals surface area contributed by atoms with Crippen molar-refractivity contribution in [3.63, 3.8) is 0 Å². The van der Waals surface area contributed by atoms with Crippen molar-refractivity contribution in [3.05, 3.63) is 29.1 Å². The standard InChI is InChI=1S/C28H39N3O4/c1-18(16-19-8-10-22(11-9-19)27(32)33)31-24-13-12-20-14-15-30(28(34)35-2)17-23(20)25(24)29-26(31)21-6-4-3-5-7-21/h12-13,18-19,21-22H,3-11,14-17H2,1-2H3,(H,32,33)/t18-,19-,22-/m1/s1. The van der Waals surface area contributed by atoms with Crippen LogP contribution in [0.2, 0.25) is 0 Å². The molecule has 7 heteroatoms. The highest BCUT2D eigenvalue weighted by atomic mass is 16.5. The molecule has 1 aromatic heterocycles. The molecule has 1 amide bonds. The molecule has 3 aliphatic rings. The van der Waals surface area contributed by atoms with E-state index in [-0.39, 0.29) is 12.0 Å². The Morgan fingerprint density at radius 2 is 1.86 bits per heavy atom. The molecule has 0 unspecified atom stereocenters. The molecule has 35 heavy (non-hydrogen) atoms. The van der Waals surface area contributed by atoms with Gasteiger partial charge in [-0.15, -0.1) is 0 Å². The molecule has 0 saturated heterocycles. The molecule has 1 atom stereocenters. The Hall–Kier alpha value is -2.57. The van der Waals surface area contributed by atoms with Crippen LogP contribution in [0.5, 0.6) is 0 Å². The summed E-state index contributed by atoms with van der Waals surface area (Å²) >= 11 is 0. The molecular weight excluding hydrogens is 442 g/mol. The van der Waals surface area contributed by atoms with Crippen molar-refractivity contribution < 1.29 is 19.4 Å². The summed E-state index contributed by atoms with van der Waals surface area (Å²) in [4.78, 5) is 30.8. The quantitative estimate of drug-likeness (QED) is 0.562. The second kappa shape index (κ2) is 10.2. The predicted molar refractivity (Wildman–Crippen MR) is 134 cm³/mol. The second-order valence-corrected chi connectivity index (χ2v) is 11.0. The largest absolute Gasteiger partial charge is 0.481 e. The molecule has 2 heterocycles. The first-order chi connectivity index (χ1) is 17.0. The minimum absolute atomic E-state index is 0.169. The predicted octanol–water partition coefficient (Wildman–Crippen LogP) is 6.05. The van der Waals surface area contributed by atoms with Gasteiger partial charge in [-0.1, -0.05) is 25.3 Å². The van der Waals surface area contributed by atoms with Crippen LogP contribution in [-0.4, -0.2) is 45.3 Å². The van der Waals surface area contributed by atoms with E-state index in [4.69, 9.17) is 9.72 Å². The van der Waals surface area contributed by atoms with Gasteiger partial charge in [0.1, 0.15) is 5.82 Å². The number of fused-ring (bicyclic) bond motifs is 3. The summed E-state index contributed by atoms with van der Waals surface area (Å²) in [7, 11) is 1.44. The highest BCUT2D eigenvalue weighted by Gasteiger charge is 2.31. The zero-order valence-corrected chi connectivity index (χ0v) is 21.2. The average molecular weight is 482 g/mol. The Morgan fingerprint density at radius 1 is 1.11 bits per heavy atom. The molecule has 0 radical (unpaired) electrons. The van der Waals surface area contributed by atoms with Crippen LogP contribution in [0.1, 0.15) is 100 Å². The van der Waals surface area contributed by atoms with Gasteiger partial charge >= 0.3 is 12.1 Å². The SMILES string of the molecule is COC(=O)N1CCc2ccc3c(nc(C4CCCCC4)n3[C@H](C)C[C@H]3CC[C@H](C(=O)O)CC3)c2C1. The van der Waals surface area contributed by atoms with Crippen LogP contribution in [0.3, 0.4) is 0 Å². The number of rotatable bonds is 5. The number of ether oxygens (including phenoxy) is 1. The van der Waals surface area contributed by atoms with Crippen molar-refractivity contribution in [2.24, 2.45) is 11.8 Å². The number of carboxylic acid groups (broad SMARTS) is 1. The molecule has 2 fully saturated rings. The molecule has 2 saturated carbocycles. The topological polar surface area (TPSA) is 84.7 Å². The number of carboxylic acids is 1. The number of hydrogen-bond donors (Lipinski definition) is 1. The van der Waals surface area contributed by atoms with Gasteiger partial charge in [-0.05, 0) is 75.8 Å². The monoisotopic (exact) mass is 481 g/mol. The maximum Gasteiger partial charge on any atom is 0.409 e. The Balaban J connectivity index is 1.48. The van der Waals surface area contributed by atoms with Gasteiger partial charge in [0.2, 0.25) is 0 Å². The van der Waals surface area contributed by atoms with Crippen LogP contribution in [-0.2, 0) is 22.5 Å². The van der Waals surface area contributed by atoms with Crippen molar-refractivity contribution in [2.75, 3.05) is 13.7 Å². The van der Waals surface area contributed by atoms with E-state index in [0.717, 1.165) is 44.0 Å². The summed E-state index contributed by atoms with van der Waals surface area (Å²) in [5.41, 5.74) is 4.70. The fourth-order valence-electron chi connectivity index (χ4n) is 6.84. The maximum absolute atomic E-state index is 12.3. The average Bonchev–Trinajstić information content (AvgIpc) is 3.29. The molecule has 1 N–H and O–H groups in total. The van der Waals surface area contributed by atoms with Crippen LogP contribution in [0.25, 0.3) is 11.0 Å². The number of amides is 1. The van der Waals surface area contributed by atoms with E-state index in [1.807, 2.05) is 0 Å². The summed E-state index contributed by atoms with van der Waals surface area (Å²) < 4.78 is 7.52. The molecule has 5 rings (SSSR count). The normalized spacial score (nSPS) is 24.2. The van der Waals surface area contributed by atoms with Crippen molar-refractivity contribution in [3.8, 4) is 0 Å². The van der Waals surface area contributed by atoms with Crippen LogP contribution in [0.4, 0.5) is 4.79 Å². The van der Waals surface area contributed by atoms with E-state index in [9.17, 15) is 14.7 Å². The highest BCUT2D eigenvalue weighted by Crippen LogP contribution is 2.40. The number of aliphatic carboxylic acids is 1. The van der Waals surface area contributed by atoms with Gasteiger partial charge in [-0.2, -0.15) is 0 Å². The van der Waals surface area contributed by atoms with E-state index >= 15 is 0 Å². The van der Waals surface area contributed by atoms with Crippen LogP contribution >= 0.6 is 0 Å². The minimum atomic E-state index is -0.637. The number of benzene rings is 1. The zero-order valence-electron chi connectivity index (χ0n) is 21.2. The molecule has 1 aliphatic heterocycles. The van der Waals surface area contributed by atoms with Gasteiger partial charge in [-0.3, -0.25) is 4.79 Å². The van der Waals surface area contributed by atoms with E-state index in [1.165, 1.54) is 61.7 Å². The number of methoxy groups -OCH3 is 1. The third-order valence-corrected chi connectivity index (χ3v) is 8.81. The van der Waals surface area contributed by atoms with E-state index in [1.54, 1.807) is 4.90 Å². The minimum Gasteiger partial charge on any atom is -0.481 e. The van der Waals surface area contributed by atoms with Crippen molar-refractivity contribution >= 4 is 23.1 Å². The number of carbonyl (C=O) groups is 2. The Bertz CT molecular complexity index is 1080. The van der Waals surface area contributed by atoms with Crippen LogP contribution < -0.4 is 0 Å². The molecule has 0 bridgehead atoms. The van der Waals surface area contributed by atoms with Crippen LogP contribution in [0, 0.1) is 11.8 Å². The number of nitrogens with zero attached hydrogens (tertiary/aromatic N) is 3. The lowest BCUT2D eigenvalue weighted by Gasteiger charge is -2.31. The molecule has 2 aromatic rings. The Labute approximate surface area is 207 Å². The second-order valence-electron chi connectivity index (χ2n) is 11.0. The van der Waals surface area contributed by atoms with Crippen LogP contribution in [0.15, 0.2) is 12.1 Å². The lowest BCUT2D eigenvalue weighted by atomic mass is 9.79. The fourth-order valence-corrected chi connectivity index (χ4v) is 6.84. The molecule has 190 valence electrons. The first-order valence-electron chi connectivity index (χ1n) is 13.5. The van der Waals surface area contributed by atoms with Gasteiger partial charge < -0.3 is 19.3 Å². The smallest absolute Gasteiger partial charge is 0.409 e. The Morgan fingerprint density at radius 3 is 2.54 bits per heavy atom. The van der Waals surface area contributed by atoms with Crippen molar-refractivity contribution in [1.82, 2.24) is 14.5 Å². The summed E-state index contributed by atoms with van der Waals surface area (Å²) in [5.74, 6) is 1.46. The Kier molecular flexibility index (Phi) is 7.03. The third-order valence-electron chi connectivity index (χ3n) is 8.81. The summed E-state index contributed by atoms with van der Waals surface area (Å²) in [6.07, 6.45) is 11.4. The molecule has 1 aromatic carbocycles. The third kappa shape index (κ3) is 4.78. The number of aromatic nitrogens is 2. The lowest BCUT2D eigenvalue weighted by molar-refractivity contribution is -0.143. The molecular formula is C28H39N3O4. The van der Waals surface area contributed by atoms with E-state index in [2.05, 4.69) is 23.6 Å². The van der Waals surface area contributed by atoms with Gasteiger partial charge in [-0.25, -0.2) is 9.78 Å². The lowest BCUT2D eigenvalue weighted by Crippen LogP contribution is -2.35. The highest BCUT2D eigenvalue weighted by molar-refractivity contribution is 5.82. The van der Waals surface area contributed by atoms with Gasteiger partial charge in [0.05, 0.1) is 30.6 Å². The molecule has 0 spiro atoms.